The number of carbonyl (C=O) groups is 1. The number of carbonyl (C=O) groups excluding carboxylic acids is 1. The number of hydrogen-bond acceptors (Lipinski definition) is 2. The molecule has 0 bridgehead atoms. The molecule has 1 amide bonds. The van der Waals surface area contributed by atoms with Gasteiger partial charge in [-0.2, -0.15) is 0 Å². The predicted octanol–water partition coefficient (Wildman–Crippen LogP) is -0.546. The highest BCUT2D eigenvalue weighted by atomic mass is 127. The zero-order valence-corrected chi connectivity index (χ0v) is 5.94. The van der Waals surface area contributed by atoms with E-state index in [0.717, 1.165) is 0 Å². The first kappa shape index (κ1) is 7.16. The molecule has 0 aliphatic carbocycles. The molecular formula is C3H7IN2O. The van der Waals surface area contributed by atoms with Gasteiger partial charge in [-0.25, -0.2) is 0 Å². The van der Waals surface area contributed by atoms with E-state index in [9.17, 15) is 4.79 Å². The Morgan fingerprint density at radius 2 is 2.43 bits per heavy atom. The Morgan fingerprint density at radius 3 is 2.57 bits per heavy atom. The monoisotopic (exact) mass is 214 g/mol. The molecular weight excluding hydrogens is 207 g/mol. The number of amides is 1. The number of nitrogens with one attached hydrogen (secondary N) is 1. The normalized spacial score (nSPS) is 8.29. The van der Waals surface area contributed by atoms with Crippen LogP contribution >= 0.6 is 22.6 Å². The second-order valence-electron chi connectivity index (χ2n) is 0.938. The van der Waals surface area contributed by atoms with E-state index in [2.05, 4.69) is 5.32 Å². The molecule has 3 N–H and O–H groups in total. The molecule has 0 aliphatic rings. The van der Waals surface area contributed by atoms with Crippen LogP contribution in [0.5, 0.6) is 0 Å². The fraction of sp³-hybridized carbons (Fsp3) is 0.667. The molecule has 0 fully saturated rings. The fourth-order valence-corrected chi connectivity index (χ4v) is 0.431. The van der Waals surface area contributed by atoms with Crippen molar-refractivity contribution in [3.63, 3.8) is 0 Å². The van der Waals surface area contributed by atoms with E-state index >= 15 is 0 Å². The second kappa shape index (κ2) is 4.32. The van der Waals surface area contributed by atoms with Gasteiger partial charge in [-0.15, -0.1) is 0 Å². The summed E-state index contributed by atoms with van der Waals surface area (Å²) in [5.41, 5.74) is 4.97. The van der Waals surface area contributed by atoms with E-state index in [-0.39, 0.29) is 12.6 Å². The summed E-state index contributed by atoms with van der Waals surface area (Å²) in [6.07, 6.45) is 0. The standard InChI is InChI=1S/C3H7IN2O/c4-1-3(7)6-2-5/h1-2,5H2,(H,6,7). The van der Waals surface area contributed by atoms with Gasteiger partial charge in [0.25, 0.3) is 0 Å². The zero-order chi connectivity index (χ0) is 5.70. The molecule has 0 aromatic rings. The second-order valence-corrected chi connectivity index (χ2v) is 1.70. The van der Waals surface area contributed by atoms with E-state index in [4.69, 9.17) is 5.73 Å². The lowest BCUT2D eigenvalue weighted by Crippen LogP contribution is -2.29. The quantitative estimate of drug-likeness (QED) is 0.368. The summed E-state index contributed by atoms with van der Waals surface area (Å²) < 4.78 is 0.481. The molecule has 7 heavy (non-hydrogen) atoms. The van der Waals surface area contributed by atoms with E-state index in [1.807, 2.05) is 22.6 Å². The maximum absolute atomic E-state index is 10.2. The maximum atomic E-state index is 10.2. The summed E-state index contributed by atoms with van der Waals surface area (Å²) in [4.78, 5) is 10.2. The molecule has 42 valence electrons. The SMILES string of the molecule is NCNC(=O)CI. The molecule has 0 aromatic carbocycles. The first-order valence-corrected chi connectivity index (χ1v) is 3.36. The molecule has 0 unspecified atom stereocenters. The van der Waals surface area contributed by atoms with Crippen molar-refractivity contribution in [1.82, 2.24) is 5.32 Å². The number of hydrogen-bond donors (Lipinski definition) is 2. The summed E-state index contributed by atoms with van der Waals surface area (Å²) in [6.45, 7) is 0.238. The zero-order valence-electron chi connectivity index (χ0n) is 3.78. The average Bonchev–Trinajstić information content (AvgIpc) is 1.68. The van der Waals surface area contributed by atoms with Crippen molar-refractivity contribution < 1.29 is 4.79 Å². The summed E-state index contributed by atoms with van der Waals surface area (Å²) >= 11 is 1.97. The first-order valence-electron chi connectivity index (χ1n) is 1.84. The van der Waals surface area contributed by atoms with Crippen LogP contribution in [0.15, 0.2) is 0 Å². The van der Waals surface area contributed by atoms with Crippen LogP contribution < -0.4 is 11.1 Å². The highest BCUT2D eigenvalue weighted by molar-refractivity contribution is 14.1. The Morgan fingerprint density at radius 1 is 1.86 bits per heavy atom. The lowest BCUT2D eigenvalue weighted by Gasteiger charge is -1.93. The Bertz CT molecular complexity index is 66.0. The van der Waals surface area contributed by atoms with Crippen LogP contribution in [0, 0.1) is 0 Å². The van der Waals surface area contributed by atoms with Gasteiger partial charge >= 0.3 is 0 Å². The van der Waals surface area contributed by atoms with Crippen LogP contribution in [0.3, 0.4) is 0 Å². The molecule has 3 nitrogen and oxygen atoms in total. The predicted molar refractivity (Wildman–Crippen MR) is 36.1 cm³/mol. The smallest absolute Gasteiger partial charge is 0.230 e. The Kier molecular flexibility index (Phi) is 4.42. The van der Waals surface area contributed by atoms with Crippen LogP contribution in [0.1, 0.15) is 0 Å². The topological polar surface area (TPSA) is 55.1 Å². The third kappa shape index (κ3) is 4.00. The third-order valence-electron chi connectivity index (χ3n) is 0.421. The van der Waals surface area contributed by atoms with E-state index in [1.54, 1.807) is 0 Å². The number of alkyl halides is 1. The average molecular weight is 214 g/mol. The van der Waals surface area contributed by atoms with Crippen molar-refractivity contribution in [2.45, 2.75) is 0 Å². The van der Waals surface area contributed by atoms with Crippen LogP contribution in [0.4, 0.5) is 0 Å². The van der Waals surface area contributed by atoms with E-state index < -0.39 is 0 Å². The van der Waals surface area contributed by atoms with Crippen LogP contribution in [0.25, 0.3) is 0 Å². The van der Waals surface area contributed by atoms with Gasteiger partial charge in [-0.3, -0.25) is 4.79 Å². The minimum Gasteiger partial charge on any atom is -0.343 e. The molecule has 0 radical (unpaired) electrons. The molecule has 0 aliphatic heterocycles. The van der Waals surface area contributed by atoms with Gasteiger partial charge in [-0.1, -0.05) is 22.6 Å². The molecule has 0 heterocycles. The lowest BCUT2D eigenvalue weighted by atomic mass is 10.7. The Balaban J connectivity index is 3.00. The van der Waals surface area contributed by atoms with Crippen molar-refractivity contribution in [3.05, 3.63) is 0 Å². The van der Waals surface area contributed by atoms with Gasteiger partial charge in [0.2, 0.25) is 5.91 Å². The molecule has 0 spiro atoms. The highest BCUT2D eigenvalue weighted by Crippen LogP contribution is 1.76. The van der Waals surface area contributed by atoms with Gasteiger partial charge < -0.3 is 11.1 Å². The third-order valence-corrected chi connectivity index (χ3v) is 1.11. The van der Waals surface area contributed by atoms with Crippen molar-refractivity contribution >= 4 is 28.5 Å². The van der Waals surface area contributed by atoms with Crippen LogP contribution in [-0.2, 0) is 4.79 Å². The van der Waals surface area contributed by atoms with Crippen molar-refractivity contribution in [1.29, 1.82) is 0 Å². The Hall–Kier alpha value is 0.160. The molecule has 0 aromatic heterocycles. The number of halogens is 1. The fourth-order valence-electron chi connectivity index (χ4n) is 0.161. The minimum atomic E-state index is -0.0110. The largest absolute Gasteiger partial charge is 0.343 e. The van der Waals surface area contributed by atoms with Crippen LogP contribution in [-0.4, -0.2) is 17.0 Å². The van der Waals surface area contributed by atoms with Crippen molar-refractivity contribution in [2.75, 3.05) is 11.1 Å². The molecule has 0 atom stereocenters. The first-order chi connectivity index (χ1) is 3.31. The number of rotatable bonds is 2. The maximum Gasteiger partial charge on any atom is 0.230 e. The van der Waals surface area contributed by atoms with Crippen molar-refractivity contribution in [3.8, 4) is 0 Å². The van der Waals surface area contributed by atoms with Gasteiger partial charge in [0.15, 0.2) is 0 Å². The lowest BCUT2D eigenvalue weighted by molar-refractivity contribution is -0.118. The molecule has 4 heteroatoms. The van der Waals surface area contributed by atoms with Gasteiger partial charge in [0.05, 0.1) is 11.1 Å². The highest BCUT2D eigenvalue weighted by Gasteiger charge is 1.89. The molecule has 0 saturated heterocycles. The summed E-state index contributed by atoms with van der Waals surface area (Å²) in [5.74, 6) is -0.0110. The summed E-state index contributed by atoms with van der Waals surface area (Å²) in [6, 6.07) is 0. The summed E-state index contributed by atoms with van der Waals surface area (Å²) in [7, 11) is 0. The molecule has 0 saturated carbocycles. The Labute approximate surface area is 55.8 Å². The van der Waals surface area contributed by atoms with E-state index in [1.165, 1.54) is 0 Å². The summed E-state index contributed by atoms with van der Waals surface area (Å²) in [5, 5.41) is 2.43. The van der Waals surface area contributed by atoms with Gasteiger partial charge in [-0.05, 0) is 0 Å². The van der Waals surface area contributed by atoms with Crippen LogP contribution in [0.2, 0.25) is 0 Å². The van der Waals surface area contributed by atoms with Gasteiger partial charge in [0, 0.05) is 0 Å². The minimum absolute atomic E-state index is 0.0110. The number of nitrogens with two attached hydrogens (primary N) is 1. The molecule has 0 rings (SSSR count). The van der Waals surface area contributed by atoms with Crippen molar-refractivity contribution in [2.24, 2.45) is 5.73 Å². The van der Waals surface area contributed by atoms with E-state index in [0.29, 0.717) is 4.43 Å². The van der Waals surface area contributed by atoms with Gasteiger partial charge in [0.1, 0.15) is 0 Å².